The minimum Gasteiger partial charge on any atom is -0.481 e. The lowest BCUT2D eigenvalue weighted by Gasteiger charge is -2.11. The van der Waals surface area contributed by atoms with Crippen molar-refractivity contribution in [3.8, 4) is 28.7 Å². The third kappa shape index (κ3) is 3.40. The number of nitrogens with zero attached hydrogens (tertiary/aromatic N) is 4. The number of ether oxygens (including phenoxy) is 1. The van der Waals surface area contributed by atoms with E-state index < -0.39 is 15.8 Å². The Morgan fingerprint density at radius 3 is 2.53 bits per heavy atom. The normalized spacial score (nSPS) is 11.9. The number of para-hydroxylation sites is 1. The summed E-state index contributed by atoms with van der Waals surface area (Å²) >= 11 is 0. The molecule has 30 heavy (non-hydrogen) atoms. The summed E-state index contributed by atoms with van der Waals surface area (Å²) in [5.41, 5.74) is 1.15. The van der Waals surface area contributed by atoms with Crippen molar-refractivity contribution in [2.75, 3.05) is 21.2 Å². The molecule has 10 heteroatoms. The smallest absolute Gasteiger partial charge is 0.261 e. The van der Waals surface area contributed by atoms with Crippen LogP contribution < -0.4 is 4.74 Å². The van der Waals surface area contributed by atoms with Crippen molar-refractivity contribution in [3.05, 3.63) is 54.3 Å². The van der Waals surface area contributed by atoms with Crippen molar-refractivity contribution in [2.24, 2.45) is 0 Å². The molecule has 8 nitrogen and oxygen atoms in total. The lowest BCUT2D eigenvalue weighted by molar-refractivity contribution is 0.399. The molecule has 0 radical (unpaired) electrons. The molecule has 0 N–H and O–H groups in total. The van der Waals surface area contributed by atoms with Gasteiger partial charge in [0.1, 0.15) is 5.82 Å². The monoisotopic (exact) mass is 428 g/mol. The fraction of sp³-hybridized carbons (Fsp3) is 0.150. The van der Waals surface area contributed by atoms with Gasteiger partial charge in [0.2, 0.25) is 21.7 Å². The molecule has 0 aliphatic heterocycles. The van der Waals surface area contributed by atoms with E-state index in [-0.39, 0.29) is 22.2 Å². The first kappa shape index (κ1) is 19.9. The highest BCUT2D eigenvalue weighted by Gasteiger charge is 2.22. The minimum atomic E-state index is -3.76. The molecule has 0 spiro atoms. The Hall–Kier alpha value is -3.37. The predicted molar refractivity (Wildman–Crippen MR) is 108 cm³/mol. The lowest BCUT2D eigenvalue weighted by Crippen LogP contribution is -2.22. The Labute approximate surface area is 172 Å². The molecular formula is C20H17FN4O4S. The van der Waals surface area contributed by atoms with Crippen LogP contribution in [0.2, 0.25) is 0 Å². The lowest BCUT2D eigenvalue weighted by atomic mass is 10.1. The van der Waals surface area contributed by atoms with Crippen molar-refractivity contribution in [3.63, 3.8) is 0 Å². The van der Waals surface area contributed by atoms with Crippen LogP contribution in [0.5, 0.6) is 5.88 Å². The van der Waals surface area contributed by atoms with Gasteiger partial charge in [-0.1, -0.05) is 23.4 Å². The van der Waals surface area contributed by atoms with Gasteiger partial charge in [-0.2, -0.15) is 4.98 Å². The maximum absolute atomic E-state index is 14.5. The number of rotatable bonds is 5. The fourth-order valence-electron chi connectivity index (χ4n) is 2.92. The number of benzene rings is 2. The molecule has 0 amide bonds. The third-order valence-corrected chi connectivity index (χ3v) is 6.33. The van der Waals surface area contributed by atoms with E-state index in [1.807, 2.05) is 24.3 Å². The topological polar surface area (TPSA) is 98.4 Å². The molecule has 0 saturated carbocycles. The van der Waals surface area contributed by atoms with Crippen LogP contribution >= 0.6 is 0 Å². The van der Waals surface area contributed by atoms with Gasteiger partial charge in [0.05, 0.1) is 23.1 Å². The van der Waals surface area contributed by atoms with Crippen molar-refractivity contribution >= 4 is 20.9 Å². The fourth-order valence-corrected chi connectivity index (χ4v) is 3.85. The van der Waals surface area contributed by atoms with Crippen LogP contribution in [0, 0.1) is 5.82 Å². The second kappa shape index (κ2) is 7.47. The van der Waals surface area contributed by atoms with E-state index in [1.54, 1.807) is 6.07 Å². The Balaban J connectivity index is 1.84. The number of hydrogen-bond acceptors (Lipinski definition) is 7. The first-order chi connectivity index (χ1) is 14.3. The van der Waals surface area contributed by atoms with E-state index in [9.17, 15) is 12.8 Å². The second-order valence-electron chi connectivity index (χ2n) is 6.58. The highest BCUT2D eigenvalue weighted by Crippen LogP contribution is 2.32. The molecule has 0 bridgehead atoms. The van der Waals surface area contributed by atoms with Gasteiger partial charge in [-0.3, -0.25) is 0 Å². The van der Waals surface area contributed by atoms with E-state index in [2.05, 4.69) is 15.1 Å². The van der Waals surface area contributed by atoms with Crippen LogP contribution in [0.4, 0.5) is 4.39 Å². The van der Waals surface area contributed by atoms with Gasteiger partial charge in [0.15, 0.2) is 0 Å². The zero-order valence-corrected chi connectivity index (χ0v) is 17.1. The van der Waals surface area contributed by atoms with E-state index in [0.29, 0.717) is 17.0 Å². The largest absolute Gasteiger partial charge is 0.481 e. The molecule has 2 heterocycles. The Morgan fingerprint density at radius 2 is 1.80 bits per heavy atom. The Bertz CT molecular complexity index is 1350. The van der Waals surface area contributed by atoms with Gasteiger partial charge >= 0.3 is 0 Å². The van der Waals surface area contributed by atoms with Crippen molar-refractivity contribution < 1.29 is 22.1 Å². The maximum atomic E-state index is 14.5. The first-order valence-corrected chi connectivity index (χ1v) is 10.3. The third-order valence-electron chi connectivity index (χ3n) is 4.52. The van der Waals surface area contributed by atoms with Gasteiger partial charge < -0.3 is 9.26 Å². The molecule has 4 aromatic rings. The van der Waals surface area contributed by atoms with E-state index in [1.165, 1.54) is 33.3 Å². The Morgan fingerprint density at radius 1 is 1.03 bits per heavy atom. The molecule has 0 atom stereocenters. The van der Waals surface area contributed by atoms with Crippen LogP contribution in [0.25, 0.3) is 33.7 Å². The molecule has 0 aliphatic rings. The van der Waals surface area contributed by atoms with Gasteiger partial charge in [-0.25, -0.2) is 22.1 Å². The van der Waals surface area contributed by atoms with Gasteiger partial charge in [-0.05, 0) is 24.3 Å². The van der Waals surface area contributed by atoms with Crippen molar-refractivity contribution in [2.45, 2.75) is 4.90 Å². The van der Waals surface area contributed by atoms with Crippen LogP contribution in [-0.2, 0) is 10.0 Å². The van der Waals surface area contributed by atoms with E-state index in [0.717, 1.165) is 15.8 Å². The molecule has 0 aliphatic carbocycles. The number of methoxy groups -OCH3 is 1. The summed E-state index contributed by atoms with van der Waals surface area (Å²) in [5.74, 6) is -0.263. The quantitative estimate of drug-likeness (QED) is 0.481. The summed E-state index contributed by atoms with van der Waals surface area (Å²) in [6.45, 7) is 0. The molecule has 0 unspecified atom stereocenters. The highest BCUT2D eigenvalue weighted by molar-refractivity contribution is 7.89. The van der Waals surface area contributed by atoms with Crippen LogP contribution in [0.15, 0.2) is 57.9 Å². The molecule has 0 saturated heterocycles. The average molecular weight is 428 g/mol. The Kier molecular flexibility index (Phi) is 4.96. The van der Waals surface area contributed by atoms with Gasteiger partial charge in [-0.15, -0.1) is 0 Å². The molecule has 4 rings (SSSR count). The van der Waals surface area contributed by atoms with Gasteiger partial charge in [0, 0.05) is 31.1 Å². The summed E-state index contributed by atoms with van der Waals surface area (Å²) in [7, 11) is 0.527. The standard InChI is InChI=1S/C20H17FN4O4S/c1-25(2)30(26,27)12-8-9-16(21)15(10-12)20-23-19(24-29-20)14-11-18(28-3)22-17-7-5-4-6-13(14)17/h4-11H,1-3H3. The highest BCUT2D eigenvalue weighted by atomic mass is 32.2. The van der Waals surface area contributed by atoms with Crippen molar-refractivity contribution in [1.82, 2.24) is 19.4 Å². The summed E-state index contributed by atoms with van der Waals surface area (Å²) in [6, 6.07) is 12.4. The molecular weight excluding hydrogens is 411 g/mol. The van der Waals surface area contributed by atoms with Crippen LogP contribution in [-0.4, -0.2) is 49.1 Å². The van der Waals surface area contributed by atoms with E-state index >= 15 is 0 Å². The zero-order valence-electron chi connectivity index (χ0n) is 16.3. The second-order valence-corrected chi connectivity index (χ2v) is 8.73. The predicted octanol–water partition coefficient (Wildman–Crippen LogP) is 3.35. The van der Waals surface area contributed by atoms with Crippen molar-refractivity contribution in [1.29, 1.82) is 0 Å². The number of sulfonamides is 1. The van der Waals surface area contributed by atoms with Gasteiger partial charge in [0.25, 0.3) is 5.89 Å². The zero-order chi connectivity index (χ0) is 21.5. The van der Waals surface area contributed by atoms with Crippen LogP contribution in [0.1, 0.15) is 0 Å². The number of halogens is 1. The number of hydrogen-bond donors (Lipinski definition) is 0. The first-order valence-electron chi connectivity index (χ1n) is 8.81. The van der Waals surface area contributed by atoms with Crippen LogP contribution in [0.3, 0.4) is 0 Å². The maximum Gasteiger partial charge on any atom is 0.261 e. The number of pyridine rings is 1. The summed E-state index contributed by atoms with van der Waals surface area (Å²) in [4.78, 5) is 8.59. The minimum absolute atomic E-state index is 0.0836. The average Bonchev–Trinajstić information content (AvgIpc) is 3.22. The number of fused-ring (bicyclic) bond motifs is 1. The number of aromatic nitrogens is 3. The molecule has 0 fully saturated rings. The van der Waals surface area contributed by atoms with E-state index in [4.69, 9.17) is 9.26 Å². The summed E-state index contributed by atoms with van der Waals surface area (Å²) in [6.07, 6.45) is 0. The summed E-state index contributed by atoms with van der Waals surface area (Å²) in [5, 5.41) is 4.72. The molecule has 154 valence electrons. The molecule has 2 aromatic carbocycles. The summed E-state index contributed by atoms with van der Waals surface area (Å²) < 4.78 is 50.8. The SMILES string of the molecule is COc1cc(-c2noc(-c3cc(S(=O)(=O)N(C)C)ccc3F)n2)c2ccccc2n1. The molecule has 2 aromatic heterocycles.